The van der Waals surface area contributed by atoms with Crippen molar-refractivity contribution < 1.29 is 19.4 Å². The first-order valence-electron chi connectivity index (χ1n) is 8.05. The number of hydrogen-bond donors (Lipinski definition) is 2. The van der Waals surface area contributed by atoms with Crippen LogP contribution in [-0.2, 0) is 27.2 Å². The number of aliphatic carboxylic acids is 1. The standard InChI is InChI=1S/C18H21NO4/c1-3-10-6-5-7-11(4-2)16(10)19-17(20)14-12-8-9-13(23-12)15(14)18(21)22/h5-9,12-15H,3-4H2,1-2H3,(H,19,20)(H,21,22)/t12-,13+,14+,15+/m1/s1. The van der Waals surface area contributed by atoms with Gasteiger partial charge in [0, 0.05) is 5.69 Å². The van der Waals surface area contributed by atoms with Crippen LogP contribution in [0.25, 0.3) is 0 Å². The molecule has 2 aliphatic heterocycles. The molecule has 0 unspecified atom stereocenters. The van der Waals surface area contributed by atoms with Crippen molar-refractivity contribution in [3.63, 3.8) is 0 Å². The van der Waals surface area contributed by atoms with E-state index in [0.717, 1.165) is 29.7 Å². The largest absolute Gasteiger partial charge is 0.481 e. The first-order chi connectivity index (χ1) is 11.1. The van der Waals surface area contributed by atoms with Crippen LogP contribution in [0.15, 0.2) is 30.4 Å². The van der Waals surface area contributed by atoms with Crippen molar-refractivity contribution in [2.45, 2.75) is 38.9 Å². The van der Waals surface area contributed by atoms with Crippen molar-refractivity contribution in [2.24, 2.45) is 11.8 Å². The van der Waals surface area contributed by atoms with E-state index in [0.29, 0.717) is 0 Å². The fourth-order valence-electron chi connectivity index (χ4n) is 3.52. The summed E-state index contributed by atoms with van der Waals surface area (Å²) >= 11 is 0. The molecule has 1 aromatic carbocycles. The van der Waals surface area contributed by atoms with Crippen LogP contribution in [0, 0.1) is 11.8 Å². The Labute approximate surface area is 135 Å². The number of fused-ring (bicyclic) bond motifs is 2. The summed E-state index contributed by atoms with van der Waals surface area (Å²) in [5.41, 5.74) is 2.94. The summed E-state index contributed by atoms with van der Waals surface area (Å²) in [4.78, 5) is 24.3. The molecular formula is C18H21NO4. The van der Waals surface area contributed by atoms with Crippen LogP contribution in [0.1, 0.15) is 25.0 Å². The number of rotatable bonds is 5. The molecular weight excluding hydrogens is 294 g/mol. The summed E-state index contributed by atoms with van der Waals surface area (Å²) in [6.07, 6.45) is 4.20. The highest BCUT2D eigenvalue weighted by Gasteiger charge is 2.53. The number of hydrogen-bond acceptors (Lipinski definition) is 3. The average Bonchev–Trinajstić information content (AvgIpc) is 3.15. The molecule has 3 rings (SSSR count). The van der Waals surface area contributed by atoms with E-state index < -0.39 is 30.0 Å². The number of carbonyl (C=O) groups excluding carboxylic acids is 1. The minimum Gasteiger partial charge on any atom is -0.481 e. The number of aryl methyl sites for hydroxylation is 2. The first-order valence-corrected chi connectivity index (χ1v) is 8.05. The molecule has 0 radical (unpaired) electrons. The monoisotopic (exact) mass is 315 g/mol. The van der Waals surface area contributed by atoms with Gasteiger partial charge in [-0.05, 0) is 24.0 Å². The van der Waals surface area contributed by atoms with Crippen LogP contribution in [0.4, 0.5) is 5.69 Å². The smallest absolute Gasteiger partial charge is 0.310 e. The summed E-state index contributed by atoms with van der Waals surface area (Å²) in [5.74, 6) is -2.76. The zero-order valence-corrected chi connectivity index (χ0v) is 13.3. The molecule has 122 valence electrons. The number of anilines is 1. The molecule has 0 aromatic heterocycles. The lowest BCUT2D eigenvalue weighted by Gasteiger charge is -2.22. The van der Waals surface area contributed by atoms with Crippen molar-refractivity contribution >= 4 is 17.6 Å². The van der Waals surface area contributed by atoms with Crippen molar-refractivity contribution in [3.05, 3.63) is 41.5 Å². The summed E-state index contributed by atoms with van der Waals surface area (Å²) in [7, 11) is 0. The van der Waals surface area contributed by atoms with Gasteiger partial charge in [0.05, 0.1) is 18.1 Å². The molecule has 4 atom stereocenters. The van der Waals surface area contributed by atoms with Crippen molar-refractivity contribution in [3.8, 4) is 0 Å². The molecule has 1 amide bonds. The molecule has 1 saturated heterocycles. The summed E-state index contributed by atoms with van der Waals surface area (Å²) in [5, 5.41) is 12.4. The van der Waals surface area contributed by atoms with Crippen LogP contribution in [0.3, 0.4) is 0 Å². The summed E-state index contributed by atoms with van der Waals surface area (Å²) in [6, 6.07) is 5.96. The van der Waals surface area contributed by atoms with E-state index in [-0.39, 0.29) is 5.91 Å². The average molecular weight is 315 g/mol. The number of amides is 1. The fraction of sp³-hybridized carbons (Fsp3) is 0.444. The van der Waals surface area contributed by atoms with E-state index >= 15 is 0 Å². The molecule has 0 saturated carbocycles. The number of benzene rings is 1. The van der Waals surface area contributed by atoms with Crippen LogP contribution >= 0.6 is 0 Å². The predicted molar refractivity (Wildman–Crippen MR) is 86.2 cm³/mol. The normalized spacial score (nSPS) is 28.1. The molecule has 2 bridgehead atoms. The van der Waals surface area contributed by atoms with Gasteiger partial charge in [-0.15, -0.1) is 0 Å². The van der Waals surface area contributed by atoms with Gasteiger partial charge in [-0.25, -0.2) is 0 Å². The van der Waals surface area contributed by atoms with Gasteiger partial charge >= 0.3 is 5.97 Å². The second-order valence-electron chi connectivity index (χ2n) is 5.99. The number of nitrogens with one attached hydrogen (secondary N) is 1. The summed E-state index contributed by atoms with van der Waals surface area (Å²) < 4.78 is 5.58. The first kappa shape index (κ1) is 15.7. The van der Waals surface area contributed by atoms with Gasteiger partial charge in [0.15, 0.2) is 0 Å². The SMILES string of the molecule is CCc1cccc(CC)c1NC(=O)[C@@H]1[C@@H](C(=O)O)[C@@H]2C=C[C@H]1O2. The Bertz CT molecular complexity index is 645. The topological polar surface area (TPSA) is 75.6 Å². The van der Waals surface area contributed by atoms with Gasteiger partial charge in [-0.2, -0.15) is 0 Å². The van der Waals surface area contributed by atoms with Crippen LogP contribution in [0.5, 0.6) is 0 Å². The molecule has 5 nitrogen and oxygen atoms in total. The Hall–Kier alpha value is -2.14. The lowest BCUT2D eigenvalue weighted by molar-refractivity contribution is -0.145. The van der Waals surface area contributed by atoms with Gasteiger partial charge in [-0.3, -0.25) is 9.59 Å². The number of carbonyl (C=O) groups is 2. The van der Waals surface area contributed by atoms with Gasteiger partial charge in [0.25, 0.3) is 0 Å². The minimum atomic E-state index is -0.985. The number of carboxylic acids is 1. The molecule has 2 aliphatic rings. The lowest BCUT2D eigenvalue weighted by atomic mass is 9.82. The van der Waals surface area contributed by atoms with E-state index in [2.05, 4.69) is 5.32 Å². The molecule has 1 aromatic rings. The highest BCUT2D eigenvalue weighted by atomic mass is 16.5. The summed E-state index contributed by atoms with van der Waals surface area (Å²) in [6.45, 7) is 4.07. The van der Waals surface area contributed by atoms with Crippen LogP contribution in [0.2, 0.25) is 0 Å². The molecule has 0 spiro atoms. The lowest BCUT2D eigenvalue weighted by Crippen LogP contribution is -2.39. The third-order valence-electron chi connectivity index (χ3n) is 4.73. The zero-order chi connectivity index (χ0) is 16.6. The maximum Gasteiger partial charge on any atom is 0.310 e. The Morgan fingerprint density at radius 3 is 2.17 bits per heavy atom. The minimum absolute atomic E-state index is 0.273. The van der Waals surface area contributed by atoms with E-state index in [1.54, 1.807) is 12.2 Å². The third kappa shape index (κ3) is 2.65. The fourth-order valence-corrected chi connectivity index (χ4v) is 3.52. The van der Waals surface area contributed by atoms with Crippen molar-refractivity contribution in [1.82, 2.24) is 0 Å². The quantitative estimate of drug-likeness (QED) is 0.818. The Morgan fingerprint density at radius 2 is 1.65 bits per heavy atom. The highest BCUT2D eigenvalue weighted by Crippen LogP contribution is 2.40. The molecule has 23 heavy (non-hydrogen) atoms. The van der Waals surface area contributed by atoms with Gasteiger partial charge in [-0.1, -0.05) is 44.2 Å². The second kappa shape index (κ2) is 6.16. The van der Waals surface area contributed by atoms with E-state index in [1.807, 2.05) is 32.0 Å². The van der Waals surface area contributed by atoms with Crippen molar-refractivity contribution in [1.29, 1.82) is 0 Å². The van der Waals surface area contributed by atoms with Gasteiger partial charge < -0.3 is 15.2 Å². The zero-order valence-electron chi connectivity index (χ0n) is 13.3. The number of para-hydroxylation sites is 1. The molecule has 1 fully saturated rings. The molecule has 2 N–H and O–H groups in total. The van der Waals surface area contributed by atoms with Crippen LogP contribution < -0.4 is 5.32 Å². The van der Waals surface area contributed by atoms with Gasteiger partial charge in [0.1, 0.15) is 5.92 Å². The Kier molecular flexibility index (Phi) is 4.22. The van der Waals surface area contributed by atoms with Gasteiger partial charge in [0.2, 0.25) is 5.91 Å². The molecule has 2 heterocycles. The molecule has 5 heteroatoms. The highest BCUT2D eigenvalue weighted by molar-refractivity contribution is 5.97. The Morgan fingerprint density at radius 1 is 1.09 bits per heavy atom. The number of ether oxygens (including phenoxy) is 1. The maximum atomic E-state index is 12.8. The van der Waals surface area contributed by atoms with Crippen molar-refractivity contribution in [2.75, 3.05) is 5.32 Å². The Balaban J connectivity index is 1.88. The predicted octanol–water partition coefficient (Wildman–Crippen LogP) is 2.40. The third-order valence-corrected chi connectivity index (χ3v) is 4.73. The van der Waals surface area contributed by atoms with Crippen LogP contribution in [-0.4, -0.2) is 29.2 Å². The van der Waals surface area contributed by atoms with E-state index in [1.165, 1.54) is 0 Å². The molecule has 0 aliphatic carbocycles. The maximum absolute atomic E-state index is 12.8. The second-order valence-corrected chi connectivity index (χ2v) is 5.99. The number of carboxylic acid groups (broad SMARTS) is 1. The van der Waals surface area contributed by atoms with E-state index in [9.17, 15) is 14.7 Å². The van der Waals surface area contributed by atoms with E-state index in [4.69, 9.17) is 4.74 Å².